The second-order valence-corrected chi connectivity index (χ2v) is 7.51. The van der Waals surface area contributed by atoms with Crippen LogP contribution in [0.4, 0.5) is 0 Å². The van der Waals surface area contributed by atoms with E-state index in [1.807, 2.05) is 0 Å². The highest BCUT2D eigenvalue weighted by atomic mass is 17.3. The Morgan fingerprint density at radius 2 is 1.26 bits per heavy atom. The molecule has 0 saturated carbocycles. The molecule has 182 valence electrons. The van der Waals surface area contributed by atoms with Crippen molar-refractivity contribution in [2.24, 2.45) is 0 Å². The molecule has 3 rings (SSSR count). The number of hydrogen-bond donors (Lipinski definition) is 0. The molecule has 0 amide bonds. The molecule has 13 nitrogen and oxygen atoms in total. The summed E-state index contributed by atoms with van der Waals surface area (Å²) < 4.78 is 26.4. The van der Waals surface area contributed by atoms with E-state index in [0.717, 1.165) is 0 Å². The van der Waals surface area contributed by atoms with E-state index in [-0.39, 0.29) is 12.8 Å². The van der Waals surface area contributed by atoms with Crippen LogP contribution >= 0.6 is 0 Å². The lowest BCUT2D eigenvalue weighted by Crippen LogP contribution is -2.70. The largest absolute Gasteiger partial charge is 0.498 e. The van der Waals surface area contributed by atoms with Gasteiger partial charge in [-0.05, 0) is 6.42 Å². The minimum atomic E-state index is -3.40. The second-order valence-electron chi connectivity index (χ2n) is 7.51. The summed E-state index contributed by atoms with van der Waals surface area (Å²) in [5.41, 5.74) is -1.34. The molecular formula is C21H20O13. The average molecular weight is 480 g/mol. The van der Waals surface area contributed by atoms with Crippen molar-refractivity contribution in [1.82, 2.24) is 0 Å². The van der Waals surface area contributed by atoms with Crippen molar-refractivity contribution in [2.75, 3.05) is 0 Å². The highest BCUT2D eigenvalue weighted by Crippen LogP contribution is 2.45. The summed E-state index contributed by atoms with van der Waals surface area (Å²) in [5.74, 6) is -14.0. The number of ether oxygens (including phenoxy) is 5. The highest BCUT2D eigenvalue weighted by Gasteiger charge is 2.75. The van der Waals surface area contributed by atoms with E-state index in [9.17, 15) is 28.8 Å². The van der Waals surface area contributed by atoms with Crippen molar-refractivity contribution < 1.29 is 62.2 Å². The van der Waals surface area contributed by atoms with Crippen LogP contribution in [0.15, 0.2) is 36.5 Å². The molecule has 0 aromatic heterocycles. The lowest BCUT2D eigenvalue weighted by Gasteiger charge is -2.45. The minimum Gasteiger partial charge on any atom is -0.453 e. The molecule has 3 aliphatic heterocycles. The Morgan fingerprint density at radius 3 is 1.88 bits per heavy atom. The molecule has 3 unspecified atom stereocenters. The van der Waals surface area contributed by atoms with E-state index in [0.29, 0.717) is 0 Å². The van der Waals surface area contributed by atoms with Crippen LogP contribution in [0, 0.1) is 0 Å². The fourth-order valence-corrected chi connectivity index (χ4v) is 3.20. The van der Waals surface area contributed by atoms with Gasteiger partial charge in [0.25, 0.3) is 0 Å². The summed E-state index contributed by atoms with van der Waals surface area (Å²) in [5, 5.41) is 0. The van der Waals surface area contributed by atoms with Gasteiger partial charge in [0.15, 0.2) is 6.10 Å². The first-order valence-electron chi connectivity index (χ1n) is 9.96. The Labute approximate surface area is 192 Å². The van der Waals surface area contributed by atoms with Crippen LogP contribution in [0.1, 0.15) is 39.0 Å². The summed E-state index contributed by atoms with van der Waals surface area (Å²) in [6.07, 6.45) is -3.86. The van der Waals surface area contributed by atoms with Crippen LogP contribution in [-0.2, 0) is 62.2 Å². The molecule has 0 N–H and O–H groups in total. The smallest absolute Gasteiger partial charge is 0.453 e. The normalized spacial score (nSPS) is 31.0. The van der Waals surface area contributed by atoms with Crippen molar-refractivity contribution in [1.29, 1.82) is 0 Å². The third kappa shape index (κ3) is 4.41. The highest BCUT2D eigenvalue weighted by molar-refractivity contribution is 5.96. The van der Waals surface area contributed by atoms with E-state index in [4.69, 9.17) is 28.6 Å². The lowest BCUT2D eigenvalue weighted by molar-refractivity contribution is -0.536. The first kappa shape index (κ1) is 24.6. The predicted molar refractivity (Wildman–Crippen MR) is 103 cm³/mol. The molecule has 0 aromatic rings. The van der Waals surface area contributed by atoms with Crippen molar-refractivity contribution in [3.63, 3.8) is 0 Å². The Balaban J connectivity index is 2.33. The Bertz CT molecular complexity index is 1020. The molecule has 0 radical (unpaired) electrons. The summed E-state index contributed by atoms with van der Waals surface area (Å²) >= 11 is 0. The van der Waals surface area contributed by atoms with Crippen molar-refractivity contribution in [3.8, 4) is 0 Å². The quantitative estimate of drug-likeness (QED) is 0.233. The van der Waals surface area contributed by atoms with E-state index >= 15 is 0 Å². The molecule has 0 aromatic carbocycles. The van der Waals surface area contributed by atoms with E-state index < -0.39 is 89.7 Å². The fourth-order valence-electron chi connectivity index (χ4n) is 3.20. The van der Waals surface area contributed by atoms with Crippen LogP contribution in [-0.4, -0.2) is 53.7 Å². The van der Waals surface area contributed by atoms with E-state index in [1.54, 1.807) is 6.92 Å². The summed E-state index contributed by atoms with van der Waals surface area (Å²) in [6.45, 7) is 11.8. The van der Waals surface area contributed by atoms with Gasteiger partial charge in [-0.1, -0.05) is 38.0 Å². The monoisotopic (exact) mass is 480 g/mol. The number of esters is 5. The summed E-state index contributed by atoms with van der Waals surface area (Å²) in [6, 6.07) is 0. The fraction of sp³-hybridized carbons (Fsp3) is 0.429. The molecule has 13 heteroatoms. The molecule has 3 atom stereocenters. The van der Waals surface area contributed by atoms with Crippen LogP contribution in [0.3, 0.4) is 0 Å². The Kier molecular flexibility index (Phi) is 6.59. The van der Waals surface area contributed by atoms with Gasteiger partial charge in [0, 0.05) is 16.7 Å². The van der Waals surface area contributed by atoms with Gasteiger partial charge >= 0.3 is 47.6 Å². The van der Waals surface area contributed by atoms with Gasteiger partial charge in [-0.15, -0.1) is 0 Å². The number of rotatable bonds is 2. The zero-order chi connectivity index (χ0) is 25.3. The lowest BCUT2D eigenvalue weighted by atomic mass is 10.00. The summed E-state index contributed by atoms with van der Waals surface area (Å²) in [4.78, 5) is 84.9. The van der Waals surface area contributed by atoms with Gasteiger partial charge in [-0.3, -0.25) is 19.3 Å². The van der Waals surface area contributed by atoms with E-state index in [2.05, 4.69) is 24.6 Å². The number of carbonyl (C=O) groups excluding carboxylic acids is 6. The molecule has 0 bridgehead atoms. The molecule has 3 fully saturated rings. The van der Waals surface area contributed by atoms with Crippen molar-refractivity contribution in [2.45, 2.75) is 56.9 Å². The van der Waals surface area contributed by atoms with Crippen LogP contribution < -0.4 is 0 Å². The zero-order valence-corrected chi connectivity index (χ0v) is 18.0. The second kappa shape index (κ2) is 9.09. The molecule has 3 aliphatic rings. The van der Waals surface area contributed by atoms with Gasteiger partial charge in [-0.2, -0.15) is 0 Å². The number of carbonyl (C=O) groups is 6. The zero-order valence-electron chi connectivity index (χ0n) is 18.0. The number of fused-ring (bicyclic) bond motifs is 1. The third-order valence-corrected chi connectivity index (χ3v) is 4.83. The van der Waals surface area contributed by atoms with Crippen LogP contribution in [0.5, 0.6) is 0 Å². The van der Waals surface area contributed by atoms with Crippen molar-refractivity contribution in [3.05, 3.63) is 36.5 Å². The van der Waals surface area contributed by atoms with Gasteiger partial charge in [-0.25, -0.2) is 14.4 Å². The minimum absolute atomic E-state index is 0.200. The summed E-state index contributed by atoms with van der Waals surface area (Å²) in [7, 11) is 0. The van der Waals surface area contributed by atoms with Gasteiger partial charge in [0.2, 0.25) is 0 Å². The maximum absolute atomic E-state index is 12.8. The maximum Gasteiger partial charge on any atom is 0.498 e. The van der Waals surface area contributed by atoms with Crippen LogP contribution in [0.25, 0.3) is 0 Å². The van der Waals surface area contributed by atoms with Gasteiger partial charge < -0.3 is 23.7 Å². The molecule has 3 saturated heterocycles. The van der Waals surface area contributed by atoms with E-state index in [1.165, 1.54) is 0 Å². The Hall–Kier alpha value is -4.00. The molecule has 3 heterocycles. The topological polar surface area (TPSA) is 167 Å². The SMILES string of the molecule is C=C1CC(=O)OC2(OC(=O)C(=C)CC(=O)OC2CCC)C2(OOC1=O)OC(=O)CC(=C)C(=O)O2. The average Bonchev–Trinajstić information content (AvgIpc) is 2.83. The van der Waals surface area contributed by atoms with Crippen LogP contribution in [0.2, 0.25) is 0 Å². The Morgan fingerprint density at radius 1 is 0.735 bits per heavy atom. The molecule has 34 heavy (non-hydrogen) atoms. The first-order chi connectivity index (χ1) is 15.9. The first-order valence-corrected chi connectivity index (χ1v) is 9.96. The maximum atomic E-state index is 12.8. The third-order valence-electron chi connectivity index (χ3n) is 4.83. The molecule has 0 aliphatic carbocycles. The number of cyclic esters (lactones) is 1. The molecular weight excluding hydrogens is 460 g/mol. The molecule has 2 spiro atoms. The number of hydrogen-bond acceptors (Lipinski definition) is 13. The van der Waals surface area contributed by atoms with Gasteiger partial charge in [0.05, 0.1) is 19.3 Å². The predicted octanol–water partition coefficient (Wildman–Crippen LogP) is 0.576. The van der Waals surface area contributed by atoms with Gasteiger partial charge in [0.1, 0.15) is 0 Å². The standard InChI is InChI=1S/C21H20O13/c1-5-6-13-20(31-17(25)10(2)7-14(22)28-13)21(30-16(24)8-11(3)18(26)32-21)34-33-19(27)12(4)9-15(23)29-20/h13H,2-9H2,1H3. The van der Waals surface area contributed by atoms with Crippen molar-refractivity contribution >= 4 is 35.8 Å².